The smallest absolute Gasteiger partial charge is 0.407 e. The van der Waals surface area contributed by atoms with Crippen LogP contribution < -0.4 is 16.4 Å². The van der Waals surface area contributed by atoms with Crippen LogP contribution in [-0.4, -0.2) is 49.0 Å². The molecule has 0 saturated heterocycles. The monoisotopic (exact) mass is 602 g/mol. The predicted molar refractivity (Wildman–Crippen MR) is 154 cm³/mol. The van der Waals surface area contributed by atoms with Crippen LogP contribution in [0.2, 0.25) is 5.02 Å². The van der Waals surface area contributed by atoms with Crippen molar-refractivity contribution in [2.75, 3.05) is 5.32 Å². The maximum Gasteiger partial charge on any atom is 0.407 e. The summed E-state index contributed by atoms with van der Waals surface area (Å²) in [5.41, 5.74) is 8.65. The lowest BCUT2D eigenvalue weighted by atomic mass is 10.1. The summed E-state index contributed by atoms with van der Waals surface area (Å²) in [5, 5.41) is 14.8. The minimum atomic E-state index is -2.77. The van der Waals surface area contributed by atoms with Crippen LogP contribution in [0.15, 0.2) is 54.0 Å². The molecule has 0 aliphatic heterocycles. The molecule has 42 heavy (non-hydrogen) atoms. The Hall–Kier alpha value is -4.26. The molecule has 1 fully saturated rings. The van der Waals surface area contributed by atoms with E-state index in [2.05, 4.69) is 25.8 Å². The first-order valence-corrected chi connectivity index (χ1v) is 13.6. The van der Waals surface area contributed by atoms with E-state index in [0.717, 1.165) is 12.8 Å². The van der Waals surface area contributed by atoms with E-state index in [1.165, 1.54) is 36.8 Å². The maximum atomic E-state index is 13.9. The van der Waals surface area contributed by atoms with Crippen LogP contribution in [0.1, 0.15) is 52.1 Å². The molecule has 222 valence electrons. The average Bonchev–Trinajstić information content (AvgIpc) is 3.65. The topological polar surface area (TPSA) is 124 Å². The molecule has 14 heteroatoms. The highest BCUT2D eigenvalue weighted by molar-refractivity contribution is 6.33. The molecule has 3 heterocycles. The number of amides is 1. The van der Waals surface area contributed by atoms with Crippen molar-refractivity contribution < 1.29 is 22.7 Å². The molecule has 1 aromatic carbocycles. The van der Waals surface area contributed by atoms with Gasteiger partial charge in [-0.2, -0.15) is 19.0 Å². The van der Waals surface area contributed by atoms with Crippen molar-refractivity contribution >= 4 is 40.4 Å². The molecule has 0 unspecified atom stereocenters. The zero-order valence-corrected chi connectivity index (χ0v) is 23.9. The number of fused-ring (bicyclic) bond motifs is 1. The number of hydrogen-bond donors (Lipinski definition) is 3. The van der Waals surface area contributed by atoms with E-state index in [1.807, 2.05) is 0 Å². The van der Waals surface area contributed by atoms with Gasteiger partial charge in [0.2, 0.25) is 0 Å². The van der Waals surface area contributed by atoms with Gasteiger partial charge in [0.1, 0.15) is 17.3 Å². The fourth-order valence-electron chi connectivity index (χ4n) is 4.84. The lowest BCUT2D eigenvalue weighted by Gasteiger charge is -2.22. The second kappa shape index (κ2) is 11.6. The van der Waals surface area contributed by atoms with Crippen molar-refractivity contribution in [3.8, 4) is 11.1 Å². The molecule has 1 amide bonds. The predicted octanol–water partition coefficient (Wildman–Crippen LogP) is 6.28. The van der Waals surface area contributed by atoms with Gasteiger partial charge in [-0.1, -0.05) is 11.6 Å². The van der Waals surface area contributed by atoms with Crippen LogP contribution in [0.4, 0.5) is 29.3 Å². The van der Waals surface area contributed by atoms with Crippen molar-refractivity contribution in [2.45, 2.75) is 64.3 Å². The highest BCUT2D eigenvalue weighted by Crippen LogP contribution is 2.33. The van der Waals surface area contributed by atoms with E-state index in [0.29, 0.717) is 39.0 Å². The number of aromatic nitrogens is 4. The first kappa shape index (κ1) is 29.2. The van der Waals surface area contributed by atoms with Crippen LogP contribution in [-0.2, 0) is 4.74 Å². The molecule has 0 bridgehead atoms. The highest BCUT2D eigenvalue weighted by Gasteiger charge is 2.29. The molecule has 0 radical (unpaired) electrons. The van der Waals surface area contributed by atoms with Crippen molar-refractivity contribution in [3.05, 3.63) is 65.5 Å². The first-order chi connectivity index (χ1) is 19.9. The number of nitrogens with zero attached hydrogens (tertiary/aromatic N) is 5. The molecule has 5 rings (SSSR count). The van der Waals surface area contributed by atoms with Crippen LogP contribution >= 0.6 is 11.6 Å². The van der Waals surface area contributed by atoms with E-state index >= 15 is 0 Å². The third-order valence-electron chi connectivity index (χ3n) is 6.70. The lowest BCUT2D eigenvalue weighted by Crippen LogP contribution is -2.38. The van der Waals surface area contributed by atoms with Crippen LogP contribution in [0.3, 0.4) is 0 Å². The van der Waals surface area contributed by atoms with Gasteiger partial charge in [0.05, 0.1) is 39.9 Å². The number of carbonyl (C=O) groups is 1. The quantitative estimate of drug-likeness (QED) is 0.169. The van der Waals surface area contributed by atoms with Gasteiger partial charge in [0, 0.05) is 41.7 Å². The summed E-state index contributed by atoms with van der Waals surface area (Å²) in [7, 11) is 0. The van der Waals surface area contributed by atoms with E-state index < -0.39 is 24.1 Å². The zero-order chi connectivity index (χ0) is 30.2. The van der Waals surface area contributed by atoms with Gasteiger partial charge in [0.25, 0.3) is 0 Å². The van der Waals surface area contributed by atoms with Crippen LogP contribution in [0.5, 0.6) is 0 Å². The summed E-state index contributed by atoms with van der Waals surface area (Å²) in [4.78, 5) is 16.7. The third kappa shape index (κ3) is 6.62. The fraction of sp³-hybridized carbons (Fsp3) is 0.357. The number of alkyl halides is 2. The van der Waals surface area contributed by atoms with Crippen molar-refractivity contribution in [1.82, 2.24) is 24.7 Å². The van der Waals surface area contributed by atoms with Gasteiger partial charge < -0.3 is 21.1 Å². The first-order valence-electron chi connectivity index (χ1n) is 13.3. The second-order valence-corrected chi connectivity index (χ2v) is 11.5. The van der Waals surface area contributed by atoms with Gasteiger partial charge in [-0.25, -0.2) is 23.4 Å². The molecule has 1 saturated carbocycles. The van der Waals surface area contributed by atoms with Crippen molar-refractivity contribution in [3.63, 3.8) is 0 Å². The summed E-state index contributed by atoms with van der Waals surface area (Å²) in [6, 6.07) is 5.38. The number of benzene rings is 1. The summed E-state index contributed by atoms with van der Waals surface area (Å²) in [6.45, 7) is 2.63. The highest BCUT2D eigenvalue weighted by atomic mass is 35.5. The molecule has 1 aliphatic rings. The van der Waals surface area contributed by atoms with Gasteiger partial charge in [-0.05, 0) is 58.2 Å². The van der Waals surface area contributed by atoms with Gasteiger partial charge in [0.15, 0.2) is 0 Å². The number of aliphatic imine (C=N–C) groups is 1. The Morgan fingerprint density at radius 3 is 2.62 bits per heavy atom. The Morgan fingerprint density at radius 1 is 1.14 bits per heavy atom. The number of ether oxygens (including phenoxy) is 1. The van der Waals surface area contributed by atoms with Gasteiger partial charge in [-0.15, -0.1) is 0 Å². The molecule has 0 spiro atoms. The maximum absolute atomic E-state index is 13.9. The molecular formula is C28H30ClF3N8O2. The number of anilines is 1. The Balaban J connectivity index is 1.49. The summed E-state index contributed by atoms with van der Waals surface area (Å²) in [5.74, 6) is -0.484. The number of carbonyl (C=O) groups excluding carboxylic acids is 1. The third-order valence-corrected chi connectivity index (χ3v) is 7.02. The molecular weight excluding hydrogens is 573 g/mol. The van der Waals surface area contributed by atoms with E-state index in [-0.39, 0.29) is 28.6 Å². The lowest BCUT2D eigenvalue weighted by molar-refractivity contribution is 0.0504. The largest absolute Gasteiger partial charge is 0.444 e. The molecule has 4 N–H and O–H groups in total. The number of alkyl carbamates (subject to hydrolysis) is 1. The standard InChI is InChI=1S/C28H30ClF3N8O2/c1-28(2,3)42-27(41)37-19-6-5-18(10-19)36-24-20(25(33)38-22-9-17(30)4-7-21(22)29)12-35-39-13-15(8-23(24)39)16-11-34-40(14-16)26(31)32/h4,7-9,11-14,18-19,26,36H,5-6,10H2,1-3H3,(H2,33,38)(H,37,41)/t18-,19+/m1/s1. The average molecular weight is 603 g/mol. The summed E-state index contributed by atoms with van der Waals surface area (Å²) in [6.07, 6.45) is 7.37. The Labute approximate surface area is 244 Å². The van der Waals surface area contributed by atoms with Gasteiger partial charge in [-0.3, -0.25) is 0 Å². The summed E-state index contributed by atoms with van der Waals surface area (Å²) >= 11 is 6.22. The van der Waals surface area contributed by atoms with E-state index in [4.69, 9.17) is 22.1 Å². The number of halogens is 4. The number of amidine groups is 1. The Bertz CT molecular complexity index is 1650. The number of nitrogens with two attached hydrogens (primary N) is 1. The molecule has 10 nitrogen and oxygen atoms in total. The minimum Gasteiger partial charge on any atom is -0.444 e. The molecule has 3 aromatic heterocycles. The zero-order valence-electron chi connectivity index (χ0n) is 23.1. The molecule has 4 aromatic rings. The van der Waals surface area contributed by atoms with Crippen LogP contribution in [0, 0.1) is 5.82 Å². The summed E-state index contributed by atoms with van der Waals surface area (Å²) < 4.78 is 47.7. The molecule has 1 aliphatic carbocycles. The second-order valence-electron chi connectivity index (χ2n) is 11.1. The van der Waals surface area contributed by atoms with Crippen molar-refractivity contribution in [1.29, 1.82) is 0 Å². The normalized spacial score (nSPS) is 17.7. The van der Waals surface area contributed by atoms with E-state index in [1.54, 1.807) is 37.5 Å². The SMILES string of the molecule is CC(C)(C)OC(=O)N[C@H]1CC[C@@H](Nc2c(C(N)=Nc3cc(F)ccc3Cl)cnn3cc(-c4cnn(C(F)F)c4)cc23)C1. The molecule has 2 atom stereocenters. The Kier molecular flexibility index (Phi) is 8.04. The number of rotatable bonds is 7. The fourth-order valence-corrected chi connectivity index (χ4v) is 5.00. The van der Waals surface area contributed by atoms with Crippen LogP contribution in [0.25, 0.3) is 16.6 Å². The number of nitrogens with one attached hydrogen (secondary N) is 2. The van der Waals surface area contributed by atoms with Gasteiger partial charge >= 0.3 is 12.6 Å². The Morgan fingerprint density at radius 2 is 1.90 bits per heavy atom. The van der Waals surface area contributed by atoms with E-state index in [9.17, 15) is 18.0 Å². The number of hydrogen-bond acceptors (Lipinski definition) is 6. The van der Waals surface area contributed by atoms with Crippen molar-refractivity contribution in [2.24, 2.45) is 10.7 Å². The minimum absolute atomic E-state index is 0.0368.